The van der Waals surface area contributed by atoms with Gasteiger partial charge in [-0.25, -0.2) is 8.42 Å². The third-order valence-corrected chi connectivity index (χ3v) is 4.71. The van der Waals surface area contributed by atoms with E-state index in [1.54, 1.807) is 0 Å². The van der Waals surface area contributed by atoms with Crippen molar-refractivity contribution in [3.8, 4) is 0 Å². The minimum Gasteiger partial charge on any atom is -0.746 e. The van der Waals surface area contributed by atoms with Crippen LogP contribution in [0.25, 0.3) is 0 Å². The summed E-state index contributed by atoms with van der Waals surface area (Å²) in [7, 11) is -4.52. The fourth-order valence-corrected chi connectivity index (χ4v) is 3.75. The van der Waals surface area contributed by atoms with Gasteiger partial charge in [0.25, 0.3) is 0 Å². The van der Waals surface area contributed by atoms with Gasteiger partial charge >= 0.3 is 29.6 Å². The van der Waals surface area contributed by atoms with Crippen LogP contribution in [-0.2, 0) is 10.1 Å². The van der Waals surface area contributed by atoms with E-state index in [2.05, 4.69) is 0 Å². The van der Waals surface area contributed by atoms with Gasteiger partial charge in [-0.3, -0.25) is 0 Å². The molecule has 0 aliphatic heterocycles. The molecule has 2 unspecified atom stereocenters. The Hall–Kier alpha value is 0.870. The van der Waals surface area contributed by atoms with Gasteiger partial charge in [0.05, 0.1) is 0 Å². The topological polar surface area (TPSA) is 77.4 Å². The Kier molecular flexibility index (Phi) is 4.66. The molecule has 0 amide bonds. The van der Waals surface area contributed by atoms with E-state index < -0.39 is 15.6 Å². The molecule has 3 aliphatic carbocycles. The van der Waals surface area contributed by atoms with Gasteiger partial charge < -0.3 is 9.66 Å². The van der Waals surface area contributed by atoms with Crippen LogP contribution in [0.5, 0.6) is 0 Å². The third-order valence-electron chi connectivity index (χ3n) is 3.76. The summed E-state index contributed by atoms with van der Waals surface area (Å²) in [5.74, 6) is 0.477. The Balaban J connectivity index is 0.00000112. The number of fused-ring (bicyclic) bond motifs is 3. The molecule has 0 radical (unpaired) electrons. The van der Waals surface area contributed by atoms with Gasteiger partial charge in [0.1, 0.15) is 15.6 Å². The number of hydrogen-bond acceptors (Lipinski definition) is 4. The Bertz CT molecular complexity index is 308. The summed E-state index contributed by atoms with van der Waals surface area (Å²) < 4.78 is 32.1. The van der Waals surface area contributed by atoms with E-state index in [4.69, 9.17) is 0 Å². The second-order valence-corrected chi connectivity index (χ2v) is 6.03. The maximum Gasteiger partial charge on any atom is 1.00 e. The fraction of sp³-hybridized carbons (Fsp3) is 1.00. The molecule has 3 aliphatic rings. The van der Waals surface area contributed by atoms with Crippen LogP contribution < -0.4 is 29.6 Å². The second kappa shape index (κ2) is 5.02. The molecule has 0 saturated heterocycles. The number of hydrogen-bond donors (Lipinski definition) is 1. The maximum atomic E-state index is 10.7. The van der Waals surface area contributed by atoms with Crippen LogP contribution in [0.4, 0.5) is 0 Å². The summed E-state index contributed by atoms with van der Waals surface area (Å²) in [5, 5.41) is 9.43. The van der Waals surface area contributed by atoms with Gasteiger partial charge in [0.15, 0.2) is 0 Å². The number of aliphatic hydroxyl groups excluding tert-OH is 1. The first kappa shape index (κ1) is 13.9. The molecule has 4 nitrogen and oxygen atoms in total. The molecule has 2 bridgehead atoms. The molecular formula is C9H15NaO4S. The molecule has 1 N–H and O–H groups in total. The predicted molar refractivity (Wildman–Crippen MR) is 49.3 cm³/mol. The standard InChI is InChI=1S/C9H16O4S.Na/c10-9(14(11,12)13)8-5-6-1-3-7(8)4-2-6;/h6-10H,1-5H2,(H,11,12,13);/q;+1/p-1. The van der Waals surface area contributed by atoms with Crippen LogP contribution in [0.3, 0.4) is 0 Å². The Morgan fingerprint density at radius 2 is 1.73 bits per heavy atom. The smallest absolute Gasteiger partial charge is 0.746 e. The van der Waals surface area contributed by atoms with Gasteiger partial charge in [0, 0.05) is 5.92 Å². The first-order valence-electron chi connectivity index (χ1n) is 5.11. The van der Waals surface area contributed by atoms with E-state index in [-0.39, 0.29) is 41.4 Å². The van der Waals surface area contributed by atoms with Gasteiger partial charge in [-0.05, 0) is 31.1 Å². The monoisotopic (exact) mass is 242 g/mol. The molecule has 0 aromatic carbocycles. The van der Waals surface area contributed by atoms with Crippen molar-refractivity contribution in [3.05, 3.63) is 0 Å². The van der Waals surface area contributed by atoms with E-state index in [9.17, 15) is 18.1 Å². The molecule has 3 saturated carbocycles. The molecule has 15 heavy (non-hydrogen) atoms. The largest absolute Gasteiger partial charge is 1.00 e. The van der Waals surface area contributed by atoms with Crippen molar-refractivity contribution in [2.45, 2.75) is 37.5 Å². The summed E-state index contributed by atoms with van der Waals surface area (Å²) in [6.07, 6.45) is 4.93. The minimum absolute atomic E-state index is 0. The van der Waals surface area contributed by atoms with Crippen LogP contribution in [0, 0.1) is 17.8 Å². The van der Waals surface area contributed by atoms with Crippen LogP contribution in [0.2, 0.25) is 0 Å². The molecule has 0 spiro atoms. The Morgan fingerprint density at radius 3 is 2.07 bits per heavy atom. The Morgan fingerprint density at radius 1 is 1.20 bits per heavy atom. The summed E-state index contributed by atoms with van der Waals surface area (Å²) in [4.78, 5) is 0. The van der Waals surface area contributed by atoms with E-state index in [0.717, 1.165) is 25.7 Å². The zero-order valence-electron chi connectivity index (χ0n) is 8.93. The van der Waals surface area contributed by atoms with Crippen LogP contribution in [0.15, 0.2) is 0 Å². The summed E-state index contributed by atoms with van der Waals surface area (Å²) in [6, 6.07) is 0. The maximum absolute atomic E-state index is 10.7. The predicted octanol–water partition coefficient (Wildman–Crippen LogP) is -2.32. The van der Waals surface area contributed by atoms with E-state index in [0.29, 0.717) is 12.3 Å². The van der Waals surface area contributed by atoms with E-state index in [1.807, 2.05) is 0 Å². The van der Waals surface area contributed by atoms with Gasteiger partial charge in [0.2, 0.25) is 0 Å². The van der Waals surface area contributed by atoms with Gasteiger partial charge in [-0.15, -0.1) is 0 Å². The molecule has 3 fully saturated rings. The molecular weight excluding hydrogens is 227 g/mol. The van der Waals surface area contributed by atoms with Crippen molar-refractivity contribution in [2.75, 3.05) is 0 Å². The number of rotatable bonds is 2. The number of aliphatic hydroxyl groups is 1. The average Bonchev–Trinajstić information content (AvgIpc) is 2.17. The molecule has 0 heterocycles. The van der Waals surface area contributed by atoms with Gasteiger partial charge in [-0.2, -0.15) is 0 Å². The zero-order valence-corrected chi connectivity index (χ0v) is 11.7. The first-order chi connectivity index (χ1) is 6.48. The summed E-state index contributed by atoms with van der Waals surface area (Å²) in [5.41, 5.74) is -1.67. The molecule has 2 atom stereocenters. The fourth-order valence-electron chi connectivity index (χ4n) is 2.99. The van der Waals surface area contributed by atoms with Crippen molar-refractivity contribution in [2.24, 2.45) is 17.8 Å². The van der Waals surface area contributed by atoms with Crippen molar-refractivity contribution in [1.82, 2.24) is 0 Å². The van der Waals surface area contributed by atoms with Gasteiger partial charge in [-0.1, -0.05) is 12.8 Å². The van der Waals surface area contributed by atoms with Crippen molar-refractivity contribution in [3.63, 3.8) is 0 Å². The van der Waals surface area contributed by atoms with E-state index in [1.165, 1.54) is 0 Å². The summed E-state index contributed by atoms with van der Waals surface area (Å²) >= 11 is 0. The van der Waals surface area contributed by atoms with Crippen molar-refractivity contribution >= 4 is 10.1 Å². The summed E-state index contributed by atoms with van der Waals surface area (Å²) in [6.45, 7) is 0. The molecule has 82 valence electrons. The zero-order chi connectivity index (χ0) is 10.3. The molecule has 3 rings (SSSR count). The van der Waals surface area contributed by atoms with Crippen molar-refractivity contribution in [1.29, 1.82) is 0 Å². The van der Waals surface area contributed by atoms with Crippen LogP contribution in [-0.4, -0.2) is 23.5 Å². The molecule has 0 aromatic heterocycles. The second-order valence-electron chi connectivity index (χ2n) is 4.56. The van der Waals surface area contributed by atoms with Crippen LogP contribution in [0.1, 0.15) is 32.1 Å². The Labute approximate surface area is 112 Å². The first-order valence-corrected chi connectivity index (χ1v) is 6.58. The quantitative estimate of drug-likeness (QED) is 0.435. The minimum atomic E-state index is -4.52. The third kappa shape index (κ3) is 2.96. The van der Waals surface area contributed by atoms with E-state index >= 15 is 0 Å². The van der Waals surface area contributed by atoms with Crippen LogP contribution >= 0.6 is 0 Å². The average molecular weight is 242 g/mol. The van der Waals surface area contributed by atoms with Crippen molar-refractivity contribution < 1.29 is 47.6 Å². The molecule has 0 aromatic rings. The SMILES string of the molecule is O=S(=O)([O-])C(O)C1CC2CCC1CC2.[Na+]. The normalized spacial score (nSPS) is 37.1. The molecule has 6 heteroatoms.